The summed E-state index contributed by atoms with van der Waals surface area (Å²) in [4.78, 5) is 25.8. The molecule has 148 valence electrons. The van der Waals surface area contributed by atoms with E-state index < -0.39 is 5.92 Å². The van der Waals surface area contributed by atoms with E-state index in [2.05, 4.69) is 5.32 Å². The van der Waals surface area contributed by atoms with E-state index in [0.717, 1.165) is 42.6 Å². The molecule has 4 rings (SSSR count). The first-order chi connectivity index (χ1) is 13.6. The third-order valence-corrected chi connectivity index (χ3v) is 5.46. The Morgan fingerprint density at radius 3 is 2.89 bits per heavy atom. The largest absolute Gasteiger partial charge is 0.462 e. The van der Waals surface area contributed by atoms with Gasteiger partial charge >= 0.3 is 5.97 Å². The summed E-state index contributed by atoms with van der Waals surface area (Å²) in [6, 6.07) is 5.61. The molecule has 1 aromatic carbocycles. The highest BCUT2D eigenvalue weighted by Gasteiger charge is 2.39. The van der Waals surface area contributed by atoms with E-state index in [1.165, 1.54) is 0 Å². The van der Waals surface area contributed by atoms with E-state index in [9.17, 15) is 9.59 Å². The van der Waals surface area contributed by atoms with Crippen LogP contribution in [0.25, 0.3) is 0 Å². The average molecular weight is 383 g/mol. The molecule has 1 atom stereocenters. The maximum Gasteiger partial charge on any atom is 0.336 e. The number of nitrogens with one attached hydrogen (secondary N) is 1. The van der Waals surface area contributed by atoms with Crippen LogP contribution < -0.4 is 14.8 Å². The molecule has 0 bridgehead atoms. The fourth-order valence-electron chi connectivity index (χ4n) is 4.07. The van der Waals surface area contributed by atoms with Crippen LogP contribution in [0.2, 0.25) is 0 Å². The predicted molar refractivity (Wildman–Crippen MR) is 103 cm³/mol. The summed E-state index contributed by atoms with van der Waals surface area (Å²) in [5.41, 5.74) is 3.69. The van der Waals surface area contributed by atoms with Crippen LogP contribution in [0, 0.1) is 0 Å². The van der Waals surface area contributed by atoms with E-state index in [1.54, 1.807) is 0 Å². The smallest absolute Gasteiger partial charge is 0.336 e. The number of benzene rings is 1. The monoisotopic (exact) mass is 383 g/mol. The van der Waals surface area contributed by atoms with Crippen molar-refractivity contribution in [3.8, 4) is 11.5 Å². The number of carbonyl (C=O) groups excluding carboxylic acids is 2. The lowest BCUT2D eigenvalue weighted by Gasteiger charge is -2.34. The fraction of sp³-hybridized carbons (Fsp3) is 0.455. The normalized spacial score (nSPS) is 20.8. The summed E-state index contributed by atoms with van der Waals surface area (Å²) >= 11 is 0. The van der Waals surface area contributed by atoms with Crippen LogP contribution in [-0.4, -0.2) is 25.2 Å². The van der Waals surface area contributed by atoms with Gasteiger partial charge in [0.1, 0.15) is 0 Å². The van der Waals surface area contributed by atoms with Crippen molar-refractivity contribution in [1.82, 2.24) is 5.32 Å². The molecule has 2 aliphatic heterocycles. The summed E-state index contributed by atoms with van der Waals surface area (Å²) in [6.07, 6.45) is 3.88. The lowest BCUT2D eigenvalue weighted by molar-refractivity contribution is -0.139. The first-order valence-corrected chi connectivity index (χ1v) is 9.90. The van der Waals surface area contributed by atoms with Gasteiger partial charge in [0.25, 0.3) is 0 Å². The highest BCUT2D eigenvalue weighted by Crippen LogP contribution is 2.45. The second kappa shape index (κ2) is 7.70. The molecule has 0 radical (unpaired) electrons. The quantitative estimate of drug-likeness (QED) is 0.617. The number of ketones is 1. The van der Waals surface area contributed by atoms with Crippen molar-refractivity contribution in [2.75, 3.05) is 13.4 Å². The third-order valence-electron chi connectivity index (χ3n) is 5.46. The van der Waals surface area contributed by atoms with E-state index in [4.69, 9.17) is 14.2 Å². The highest BCUT2D eigenvalue weighted by atomic mass is 16.7. The molecule has 0 amide bonds. The van der Waals surface area contributed by atoms with Crippen molar-refractivity contribution in [2.45, 2.75) is 51.9 Å². The number of Topliss-reactive ketones (excluding diaryl/α,β-unsaturated/α-hetero) is 1. The minimum Gasteiger partial charge on any atom is -0.462 e. The van der Waals surface area contributed by atoms with Crippen molar-refractivity contribution < 1.29 is 23.8 Å². The predicted octanol–water partition coefficient (Wildman–Crippen LogP) is 3.73. The van der Waals surface area contributed by atoms with Gasteiger partial charge in [-0.2, -0.15) is 0 Å². The summed E-state index contributed by atoms with van der Waals surface area (Å²) in [7, 11) is 0. The SMILES string of the molecule is CCCCOC(=O)C1=C(C)NC2=C(C(=O)CCC2)[C@H]1c1ccc2c(c1)OCO2. The van der Waals surface area contributed by atoms with E-state index in [0.29, 0.717) is 35.7 Å². The lowest BCUT2D eigenvalue weighted by atomic mass is 9.75. The van der Waals surface area contributed by atoms with Gasteiger partial charge in [0, 0.05) is 29.3 Å². The van der Waals surface area contributed by atoms with Gasteiger partial charge < -0.3 is 19.5 Å². The summed E-state index contributed by atoms with van der Waals surface area (Å²) < 4.78 is 16.5. The van der Waals surface area contributed by atoms with E-state index in [1.807, 2.05) is 32.0 Å². The minimum absolute atomic E-state index is 0.0859. The third kappa shape index (κ3) is 3.28. The van der Waals surface area contributed by atoms with Crippen LogP contribution in [0.3, 0.4) is 0 Å². The van der Waals surface area contributed by atoms with Gasteiger partial charge in [-0.05, 0) is 43.9 Å². The van der Waals surface area contributed by atoms with Gasteiger partial charge in [-0.25, -0.2) is 4.79 Å². The van der Waals surface area contributed by atoms with Gasteiger partial charge in [0.2, 0.25) is 6.79 Å². The average Bonchev–Trinajstić information content (AvgIpc) is 3.15. The summed E-state index contributed by atoms with van der Waals surface area (Å²) in [6.45, 7) is 4.48. The van der Waals surface area contributed by atoms with Crippen LogP contribution in [0.4, 0.5) is 0 Å². The van der Waals surface area contributed by atoms with Crippen LogP contribution >= 0.6 is 0 Å². The Balaban J connectivity index is 1.77. The number of unbranched alkanes of at least 4 members (excludes halogenated alkanes) is 1. The molecule has 0 saturated heterocycles. The molecule has 28 heavy (non-hydrogen) atoms. The van der Waals surface area contributed by atoms with Crippen molar-refractivity contribution in [3.05, 3.63) is 46.3 Å². The van der Waals surface area contributed by atoms with Gasteiger partial charge in [0.15, 0.2) is 17.3 Å². The molecule has 2 heterocycles. The molecule has 6 heteroatoms. The molecular formula is C22H25NO5. The molecule has 0 unspecified atom stereocenters. The van der Waals surface area contributed by atoms with Crippen LogP contribution in [0.5, 0.6) is 11.5 Å². The molecule has 0 spiro atoms. The number of rotatable bonds is 5. The van der Waals surface area contributed by atoms with Crippen molar-refractivity contribution >= 4 is 11.8 Å². The Kier molecular flexibility index (Phi) is 5.11. The molecule has 0 aromatic heterocycles. The molecule has 0 fully saturated rings. The fourth-order valence-corrected chi connectivity index (χ4v) is 4.07. The number of carbonyl (C=O) groups is 2. The van der Waals surface area contributed by atoms with Crippen molar-refractivity contribution in [2.24, 2.45) is 0 Å². The number of allylic oxidation sites excluding steroid dienone is 3. The summed E-state index contributed by atoms with van der Waals surface area (Å²) in [5.74, 6) is 0.578. The van der Waals surface area contributed by atoms with Crippen LogP contribution in [-0.2, 0) is 14.3 Å². The zero-order valence-electron chi connectivity index (χ0n) is 16.3. The zero-order chi connectivity index (χ0) is 19.7. The lowest BCUT2D eigenvalue weighted by Crippen LogP contribution is -2.34. The Morgan fingerprint density at radius 2 is 2.07 bits per heavy atom. The second-order valence-electron chi connectivity index (χ2n) is 7.37. The second-order valence-corrected chi connectivity index (χ2v) is 7.37. The minimum atomic E-state index is -0.451. The highest BCUT2D eigenvalue weighted by molar-refractivity contribution is 6.03. The Labute approximate surface area is 164 Å². The summed E-state index contributed by atoms with van der Waals surface area (Å²) in [5, 5.41) is 3.30. The first-order valence-electron chi connectivity index (χ1n) is 9.90. The van der Waals surface area contributed by atoms with E-state index >= 15 is 0 Å². The Hall–Kier alpha value is -2.76. The number of hydrogen-bond donors (Lipinski definition) is 1. The number of ether oxygens (including phenoxy) is 3. The maximum absolute atomic E-state index is 13.0. The molecule has 6 nitrogen and oxygen atoms in total. The number of fused-ring (bicyclic) bond motifs is 1. The Bertz CT molecular complexity index is 883. The molecule has 0 saturated carbocycles. The standard InChI is InChI=1S/C22H25NO5/c1-3-4-10-26-22(25)19-13(2)23-15-6-5-7-16(24)21(15)20(19)14-8-9-17-18(11-14)28-12-27-17/h8-9,11,20,23H,3-7,10,12H2,1-2H3/t20-/m0/s1. The Morgan fingerprint density at radius 1 is 1.25 bits per heavy atom. The zero-order valence-corrected chi connectivity index (χ0v) is 16.3. The van der Waals surface area contributed by atoms with Gasteiger partial charge in [-0.3, -0.25) is 4.79 Å². The van der Waals surface area contributed by atoms with Crippen LogP contribution in [0.1, 0.15) is 57.4 Å². The molecule has 3 aliphatic rings. The van der Waals surface area contributed by atoms with Gasteiger partial charge in [0.05, 0.1) is 12.2 Å². The number of dihydropyridines is 1. The van der Waals surface area contributed by atoms with Gasteiger partial charge in [-0.15, -0.1) is 0 Å². The van der Waals surface area contributed by atoms with Crippen molar-refractivity contribution in [1.29, 1.82) is 0 Å². The van der Waals surface area contributed by atoms with Crippen LogP contribution in [0.15, 0.2) is 40.7 Å². The molecule has 1 aliphatic carbocycles. The maximum atomic E-state index is 13.0. The number of hydrogen-bond acceptors (Lipinski definition) is 6. The molecule has 1 N–H and O–H groups in total. The molecule has 1 aromatic rings. The topological polar surface area (TPSA) is 73.9 Å². The first kappa shape index (κ1) is 18.6. The van der Waals surface area contributed by atoms with E-state index in [-0.39, 0.29) is 18.5 Å². The van der Waals surface area contributed by atoms with Crippen molar-refractivity contribution in [3.63, 3.8) is 0 Å². The van der Waals surface area contributed by atoms with Gasteiger partial charge in [-0.1, -0.05) is 19.4 Å². The number of esters is 1. The molecular weight excluding hydrogens is 358 g/mol.